The Kier molecular flexibility index (Phi) is 35.8. The second-order valence-corrected chi connectivity index (χ2v) is 20.1. The number of amides is 1. The van der Waals surface area contributed by atoms with E-state index in [4.69, 9.17) is 62.6 Å². The number of aryl methyl sites for hydroxylation is 1. The maximum atomic E-state index is 12.4. The maximum absolute atomic E-state index is 12.4. The minimum Gasteiger partial charge on any atom is -0.748 e. The van der Waals surface area contributed by atoms with Crippen molar-refractivity contribution in [2.24, 2.45) is 0 Å². The van der Waals surface area contributed by atoms with Gasteiger partial charge in [-0.2, -0.15) is 4.57 Å². The summed E-state index contributed by atoms with van der Waals surface area (Å²) in [5.41, 5.74) is 10.3. The summed E-state index contributed by atoms with van der Waals surface area (Å²) in [4.78, 5) is 27.4. The molecule has 1 aromatic heterocycles. The number of nitrogens with one attached hydrogen (secondary N) is 1. The number of hydrogen-bond donors (Lipinski definition) is 2. The van der Waals surface area contributed by atoms with E-state index in [0.717, 1.165) is 36.5 Å². The summed E-state index contributed by atoms with van der Waals surface area (Å²) in [6.45, 7) is 11.8. The molecule has 21 nitrogen and oxygen atoms in total. The number of nitrogens with two attached hydrogens (primary N) is 1. The number of para-hydroxylation sites is 1. The first kappa shape index (κ1) is 65.6. The molecule has 77 heavy (non-hydrogen) atoms. The molecule has 0 aliphatic carbocycles. The average Bonchev–Trinajstić information content (AvgIpc) is 3.73. The van der Waals surface area contributed by atoms with Gasteiger partial charge in [0.15, 0.2) is 6.20 Å². The molecule has 0 spiro atoms. The smallest absolute Gasteiger partial charge is 0.220 e. The number of anilines is 2. The molecule has 0 saturated heterocycles. The number of ether oxygens (including phenoxy) is 12. The largest absolute Gasteiger partial charge is 0.748 e. The monoisotopic (exact) mass is 1120 g/mol. The molecule has 0 radical (unpaired) electrons. The molecule has 1 aliphatic heterocycles. The third-order valence-electron chi connectivity index (χ3n) is 11.5. The van der Waals surface area contributed by atoms with Crippen LogP contribution in [0.3, 0.4) is 0 Å². The van der Waals surface area contributed by atoms with Crippen molar-refractivity contribution in [3.63, 3.8) is 0 Å². The van der Waals surface area contributed by atoms with Gasteiger partial charge in [-0.25, -0.2) is 8.42 Å². The fourth-order valence-corrected chi connectivity index (χ4v) is 9.10. The summed E-state index contributed by atoms with van der Waals surface area (Å²) in [5, 5.41) is 5.32. The number of rotatable bonds is 50. The van der Waals surface area contributed by atoms with Gasteiger partial charge in [-0.3, -0.25) is 9.59 Å². The molecule has 2 aromatic carbocycles. The van der Waals surface area contributed by atoms with Crippen molar-refractivity contribution < 1.29 is 84.0 Å². The van der Waals surface area contributed by atoms with Crippen LogP contribution in [0.2, 0.25) is 0 Å². The zero-order chi connectivity index (χ0) is 54.9. The van der Waals surface area contributed by atoms with Gasteiger partial charge in [-0.1, -0.05) is 23.9 Å². The van der Waals surface area contributed by atoms with Crippen LogP contribution in [0.15, 0.2) is 64.7 Å². The highest BCUT2D eigenvalue weighted by atomic mass is 32.2. The molecular weight excluding hydrogens is 1040 g/mol. The summed E-state index contributed by atoms with van der Waals surface area (Å²) in [6, 6.07) is 16.8. The molecule has 434 valence electrons. The molecule has 0 atom stereocenters. The molecule has 23 heteroatoms. The highest BCUT2D eigenvalue weighted by molar-refractivity contribution is 8.03. The molecule has 0 saturated carbocycles. The van der Waals surface area contributed by atoms with Crippen LogP contribution >= 0.6 is 11.8 Å². The van der Waals surface area contributed by atoms with E-state index in [1.54, 1.807) is 11.8 Å². The third-order valence-corrected chi connectivity index (χ3v) is 13.4. The number of pyridine rings is 1. The van der Waals surface area contributed by atoms with E-state index in [2.05, 4.69) is 70.5 Å². The van der Waals surface area contributed by atoms with Gasteiger partial charge in [0.25, 0.3) is 0 Å². The first-order valence-corrected chi connectivity index (χ1v) is 29.1. The summed E-state index contributed by atoms with van der Waals surface area (Å²) in [5.74, 6) is -0.621. The van der Waals surface area contributed by atoms with E-state index in [0.29, 0.717) is 165 Å². The number of fused-ring (bicyclic) bond motifs is 2. The Labute approximate surface area is 459 Å². The lowest BCUT2D eigenvalue weighted by Crippen LogP contribution is -2.34. The number of unbranched alkanes of at least 4 members (excludes halogenated alkanes) is 2. The normalized spacial score (nSPS) is 13.1. The Morgan fingerprint density at radius 2 is 1.08 bits per heavy atom. The molecule has 2 heterocycles. The van der Waals surface area contributed by atoms with E-state index in [1.807, 2.05) is 12.1 Å². The Morgan fingerprint density at radius 1 is 0.597 bits per heavy atom. The summed E-state index contributed by atoms with van der Waals surface area (Å²) >= 11 is 1.74. The van der Waals surface area contributed by atoms with Gasteiger partial charge >= 0.3 is 0 Å². The van der Waals surface area contributed by atoms with Crippen molar-refractivity contribution in [2.75, 3.05) is 189 Å². The fourth-order valence-electron chi connectivity index (χ4n) is 7.45. The van der Waals surface area contributed by atoms with Crippen molar-refractivity contribution in [3.05, 3.63) is 65.3 Å². The van der Waals surface area contributed by atoms with Crippen LogP contribution in [-0.4, -0.2) is 203 Å². The van der Waals surface area contributed by atoms with E-state index in [-0.39, 0.29) is 37.6 Å². The quantitative estimate of drug-likeness (QED) is 0.0344. The van der Waals surface area contributed by atoms with Gasteiger partial charge in [-0.05, 0) is 55.2 Å². The molecule has 3 N–H and O–H groups in total. The second-order valence-electron chi connectivity index (χ2n) is 17.5. The standard InChI is InChI=1S/C54H84N4O17S2/c1-57-51-13-12-47(55)45-52(51)76-54(57)44-46-14-18-58(50-10-5-4-9-49(46)50)17-6-2-3-11-53(60)56-16-20-65-22-24-67-26-28-69-30-32-71-34-36-73-38-40-75-42-41-74-39-37-72-35-33-70-31-29-68-27-25-66-23-21-64-19-15-48(59)8-7-43-77(61,62)63/h4-5,9-10,12-14,18,44-45H,2-3,6-8,11,15-17,19-43,55H2,1H3,(H-,56,60,61,62,63). The number of aromatic nitrogens is 1. The van der Waals surface area contributed by atoms with Gasteiger partial charge < -0.3 is 77.3 Å². The Morgan fingerprint density at radius 3 is 1.58 bits per heavy atom. The number of thioether (sulfide) groups is 1. The van der Waals surface area contributed by atoms with Gasteiger partial charge in [0.1, 0.15) is 12.3 Å². The minimum atomic E-state index is -4.28. The van der Waals surface area contributed by atoms with Crippen molar-refractivity contribution in [1.29, 1.82) is 0 Å². The van der Waals surface area contributed by atoms with Crippen LogP contribution < -0.4 is 20.5 Å². The molecule has 0 bridgehead atoms. The van der Waals surface area contributed by atoms with E-state index in [1.165, 1.54) is 27.0 Å². The van der Waals surface area contributed by atoms with Crippen LogP contribution in [0, 0.1) is 0 Å². The zero-order valence-corrected chi connectivity index (χ0v) is 46.7. The van der Waals surface area contributed by atoms with Crippen LogP contribution in [0.25, 0.3) is 17.0 Å². The number of benzene rings is 2. The first-order chi connectivity index (χ1) is 37.6. The third kappa shape index (κ3) is 31.5. The summed E-state index contributed by atoms with van der Waals surface area (Å²) in [7, 11) is -2.19. The van der Waals surface area contributed by atoms with Crippen LogP contribution in [-0.2, 0) is 83.1 Å². The number of hydrogen-bond acceptors (Lipinski definition) is 20. The van der Waals surface area contributed by atoms with Crippen LogP contribution in [0.4, 0.5) is 11.4 Å². The van der Waals surface area contributed by atoms with Crippen molar-refractivity contribution >= 4 is 61.9 Å². The first-order valence-electron chi connectivity index (χ1n) is 26.7. The number of nitrogen functional groups attached to an aromatic ring is 1. The van der Waals surface area contributed by atoms with Gasteiger partial charge in [-0.15, -0.1) is 0 Å². The predicted octanol–water partition coefficient (Wildman–Crippen LogP) is 4.41. The summed E-state index contributed by atoms with van der Waals surface area (Å²) in [6.07, 6.45) is 7.96. The Balaban J connectivity index is 0.792. The maximum Gasteiger partial charge on any atom is 0.220 e. The van der Waals surface area contributed by atoms with Crippen LogP contribution in [0.5, 0.6) is 0 Å². The minimum absolute atomic E-state index is 0.0374. The number of nitrogens with zero attached hydrogens (tertiary/aromatic N) is 2. The Bertz CT molecular complexity index is 2210. The lowest BCUT2D eigenvalue weighted by Gasteiger charge is -2.14. The molecule has 4 rings (SSSR count). The lowest BCUT2D eigenvalue weighted by molar-refractivity contribution is -0.671. The van der Waals surface area contributed by atoms with E-state index in [9.17, 15) is 22.6 Å². The van der Waals surface area contributed by atoms with Gasteiger partial charge in [0, 0.05) is 67.7 Å². The Hall–Kier alpha value is -3.89. The highest BCUT2D eigenvalue weighted by Crippen LogP contribution is 2.46. The average molecular weight is 1130 g/mol. The SMILES string of the molecule is CN1C(=Cc2cc[n+](CCCCCC(=O)NCCOCCOCCOCCOCCOCCOCCOCCOCCOCCOCCOCCOCCC(=O)CCCS(=O)(=O)[O-])c3ccccc23)Sc2cc(N)ccc21. The summed E-state index contributed by atoms with van der Waals surface area (Å²) < 4.78 is 99.8. The predicted molar refractivity (Wildman–Crippen MR) is 292 cm³/mol. The van der Waals surface area contributed by atoms with Gasteiger partial charge in [0.05, 0.1) is 185 Å². The lowest BCUT2D eigenvalue weighted by atomic mass is 10.1. The molecule has 3 aromatic rings. The number of Topliss-reactive ketones (excluding diaryl/α,β-unsaturated/α-hetero) is 1. The molecule has 1 amide bonds. The van der Waals surface area contributed by atoms with Crippen LogP contribution in [0.1, 0.15) is 50.5 Å². The van der Waals surface area contributed by atoms with Gasteiger partial charge in [0.2, 0.25) is 11.4 Å². The van der Waals surface area contributed by atoms with Crippen molar-refractivity contribution in [3.8, 4) is 0 Å². The molecule has 1 aliphatic rings. The molecule has 0 unspecified atom stereocenters. The zero-order valence-electron chi connectivity index (χ0n) is 45.0. The molecule has 0 fully saturated rings. The van der Waals surface area contributed by atoms with E-state index < -0.39 is 15.9 Å². The van der Waals surface area contributed by atoms with Crippen molar-refractivity contribution in [2.45, 2.75) is 56.4 Å². The highest BCUT2D eigenvalue weighted by Gasteiger charge is 2.23. The number of carbonyl (C=O) groups excluding carboxylic acids is 2. The van der Waals surface area contributed by atoms with Crippen molar-refractivity contribution in [1.82, 2.24) is 5.32 Å². The number of carbonyl (C=O) groups is 2. The fraction of sp³-hybridized carbons (Fsp3) is 0.648. The topological polar surface area (TPSA) is 247 Å². The second kappa shape index (κ2) is 42.1. The number of ketones is 1. The molecular formula is C54H84N4O17S2. The van der Waals surface area contributed by atoms with E-state index >= 15 is 0 Å².